The summed E-state index contributed by atoms with van der Waals surface area (Å²) >= 11 is 0. The summed E-state index contributed by atoms with van der Waals surface area (Å²) in [6.45, 7) is 9.02. The number of rotatable bonds is 8. The van der Waals surface area contributed by atoms with Crippen molar-refractivity contribution in [1.82, 2.24) is 5.32 Å². The van der Waals surface area contributed by atoms with E-state index in [0.717, 1.165) is 6.54 Å². The Hall–Kier alpha value is -0.160. The molecular formula is C11H25NO3. The first-order valence-electron chi connectivity index (χ1n) is 5.34. The van der Waals surface area contributed by atoms with Crippen molar-refractivity contribution >= 4 is 0 Å². The van der Waals surface area contributed by atoms with Crippen LogP contribution in [0.2, 0.25) is 0 Å². The molecule has 15 heavy (non-hydrogen) atoms. The van der Waals surface area contributed by atoms with Crippen LogP contribution in [0, 0.1) is 0 Å². The van der Waals surface area contributed by atoms with Gasteiger partial charge in [0.15, 0.2) is 0 Å². The fourth-order valence-electron chi connectivity index (χ4n) is 1.07. The maximum Gasteiger partial charge on any atom is 0.0933 e. The highest BCUT2D eigenvalue weighted by Gasteiger charge is 2.14. The van der Waals surface area contributed by atoms with Gasteiger partial charge >= 0.3 is 0 Å². The van der Waals surface area contributed by atoms with E-state index in [9.17, 15) is 0 Å². The van der Waals surface area contributed by atoms with E-state index in [1.165, 1.54) is 0 Å². The molecule has 4 heteroatoms. The van der Waals surface area contributed by atoms with Crippen LogP contribution in [0.5, 0.6) is 0 Å². The monoisotopic (exact) mass is 219 g/mol. The van der Waals surface area contributed by atoms with Crippen LogP contribution in [0.4, 0.5) is 0 Å². The van der Waals surface area contributed by atoms with E-state index in [2.05, 4.69) is 26.1 Å². The van der Waals surface area contributed by atoms with E-state index >= 15 is 0 Å². The average Bonchev–Trinajstić information content (AvgIpc) is 2.13. The van der Waals surface area contributed by atoms with Gasteiger partial charge < -0.3 is 19.5 Å². The van der Waals surface area contributed by atoms with Crippen LogP contribution in [0.3, 0.4) is 0 Å². The fourth-order valence-corrected chi connectivity index (χ4v) is 1.07. The Morgan fingerprint density at radius 2 is 1.73 bits per heavy atom. The van der Waals surface area contributed by atoms with Gasteiger partial charge in [-0.3, -0.25) is 0 Å². The van der Waals surface area contributed by atoms with Gasteiger partial charge in [-0.05, 0) is 20.8 Å². The van der Waals surface area contributed by atoms with Crippen molar-refractivity contribution in [2.24, 2.45) is 0 Å². The molecule has 0 aliphatic rings. The van der Waals surface area contributed by atoms with Crippen LogP contribution in [-0.2, 0) is 14.2 Å². The van der Waals surface area contributed by atoms with Crippen molar-refractivity contribution in [3.63, 3.8) is 0 Å². The zero-order valence-corrected chi connectivity index (χ0v) is 10.6. The quantitative estimate of drug-likeness (QED) is 0.620. The van der Waals surface area contributed by atoms with Gasteiger partial charge in [0.1, 0.15) is 0 Å². The van der Waals surface area contributed by atoms with Crippen molar-refractivity contribution < 1.29 is 14.2 Å². The number of ether oxygens (including phenoxy) is 3. The van der Waals surface area contributed by atoms with Gasteiger partial charge in [-0.15, -0.1) is 0 Å². The summed E-state index contributed by atoms with van der Waals surface area (Å²) in [4.78, 5) is 0. The molecule has 0 radical (unpaired) electrons. The third kappa shape index (κ3) is 10.1. The summed E-state index contributed by atoms with van der Waals surface area (Å²) < 4.78 is 15.6. The lowest BCUT2D eigenvalue weighted by molar-refractivity contribution is -0.0227. The molecule has 0 saturated carbocycles. The maximum atomic E-state index is 5.61. The van der Waals surface area contributed by atoms with Crippen LogP contribution in [0.25, 0.3) is 0 Å². The molecule has 0 aromatic rings. The molecule has 0 spiro atoms. The van der Waals surface area contributed by atoms with Crippen LogP contribution in [0.15, 0.2) is 0 Å². The number of nitrogens with one attached hydrogen (secondary N) is 1. The van der Waals surface area contributed by atoms with Gasteiger partial charge in [0.2, 0.25) is 0 Å². The number of hydrogen-bond donors (Lipinski definition) is 1. The lowest BCUT2D eigenvalue weighted by Gasteiger charge is -2.25. The van der Waals surface area contributed by atoms with Crippen LogP contribution in [0.1, 0.15) is 20.8 Å². The van der Waals surface area contributed by atoms with Gasteiger partial charge in [-0.25, -0.2) is 0 Å². The van der Waals surface area contributed by atoms with Crippen LogP contribution in [-0.4, -0.2) is 52.2 Å². The van der Waals surface area contributed by atoms with Crippen molar-refractivity contribution in [2.75, 3.05) is 40.6 Å². The predicted octanol–water partition coefficient (Wildman–Crippen LogP) is 1.05. The molecule has 0 aliphatic heterocycles. The summed E-state index contributed by atoms with van der Waals surface area (Å²) in [5.41, 5.74) is 0.108. The van der Waals surface area contributed by atoms with Gasteiger partial charge in [0.05, 0.1) is 25.9 Å². The first-order chi connectivity index (χ1) is 6.99. The van der Waals surface area contributed by atoms with E-state index < -0.39 is 0 Å². The molecule has 0 aromatic carbocycles. The molecule has 0 heterocycles. The second-order valence-electron chi connectivity index (χ2n) is 4.57. The van der Waals surface area contributed by atoms with Crippen molar-refractivity contribution in [1.29, 1.82) is 0 Å². The topological polar surface area (TPSA) is 39.7 Å². The molecule has 0 saturated heterocycles. The van der Waals surface area contributed by atoms with Crippen LogP contribution >= 0.6 is 0 Å². The minimum atomic E-state index is 0.0874. The third-order valence-electron chi connectivity index (χ3n) is 1.85. The second kappa shape index (κ2) is 8.05. The van der Waals surface area contributed by atoms with E-state index in [1.54, 1.807) is 14.2 Å². The third-order valence-corrected chi connectivity index (χ3v) is 1.85. The fraction of sp³-hybridized carbons (Fsp3) is 1.00. The molecule has 0 fully saturated rings. The van der Waals surface area contributed by atoms with Crippen molar-refractivity contribution in [2.45, 2.75) is 32.4 Å². The first-order valence-corrected chi connectivity index (χ1v) is 5.34. The molecule has 1 unspecified atom stereocenters. The molecule has 1 N–H and O–H groups in total. The Bertz CT molecular complexity index is 145. The minimum absolute atomic E-state index is 0.0874. The number of hydrogen-bond acceptors (Lipinski definition) is 4. The Morgan fingerprint density at radius 3 is 2.20 bits per heavy atom. The Morgan fingerprint density at radius 1 is 1.07 bits per heavy atom. The molecule has 0 bridgehead atoms. The summed E-state index contributed by atoms with van der Waals surface area (Å²) in [6, 6.07) is 0. The molecule has 1 atom stereocenters. The highest BCUT2D eigenvalue weighted by Crippen LogP contribution is 2.00. The first kappa shape index (κ1) is 14.8. The van der Waals surface area contributed by atoms with Crippen molar-refractivity contribution in [3.05, 3.63) is 0 Å². The molecular weight excluding hydrogens is 194 g/mol. The van der Waals surface area contributed by atoms with Crippen LogP contribution < -0.4 is 5.32 Å². The highest BCUT2D eigenvalue weighted by atomic mass is 16.5. The largest absolute Gasteiger partial charge is 0.382 e. The van der Waals surface area contributed by atoms with Crippen molar-refractivity contribution in [3.8, 4) is 0 Å². The molecule has 0 aliphatic carbocycles. The number of methoxy groups -OCH3 is 2. The molecule has 0 amide bonds. The van der Waals surface area contributed by atoms with Gasteiger partial charge in [0.25, 0.3) is 0 Å². The molecule has 0 aromatic heterocycles. The molecule has 0 rings (SSSR count). The van der Waals surface area contributed by atoms with E-state index in [0.29, 0.717) is 19.8 Å². The second-order valence-corrected chi connectivity index (χ2v) is 4.57. The average molecular weight is 219 g/mol. The summed E-state index contributed by atoms with van der Waals surface area (Å²) in [5, 5.41) is 3.39. The normalized spacial score (nSPS) is 14.2. The standard InChI is InChI=1S/C11H25NO3/c1-11(2,3)12-8-10(9-14-5)15-7-6-13-4/h10,12H,6-9H2,1-5H3. The van der Waals surface area contributed by atoms with Gasteiger partial charge in [-0.1, -0.05) is 0 Å². The van der Waals surface area contributed by atoms with E-state index in [1.807, 2.05) is 0 Å². The smallest absolute Gasteiger partial charge is 0.0933 e. The van der Waals surface area contributed by atoms with Gasteiger partial charge in [0, 0.05) is 26.3 Å². The Kier molecular flexibility index (Phi) is 7.96. The lowest BCUT2D eigenvalue weighted by atomic mass is 10.1. The summed E-state index contributed by atoms with van der Waals surface area (Å²) in [7, 11) is 3.35. The maximum absolute atomic E-state index is 5.61. The van der Waals surface area contributed by atoms with E-state index in [4.69, 9.17) is 14.2 Å². The summed E-state index contributed by atoms with van der Waals surface area (Å²) in [6.07, 6.45) is 0.0874. The highest BCUT2D eigenvalue weighted by molar-refractivity contribution is 4.73. The zero-order valence-electron chi connectivity index (χ0n) is 10.6. The lowest BCUT2D eigenvalue weighted by Crippen LogP contribution is -2.43. The van der Waals surface area contributed by atoms with Gasteiger partial charge in [-0.2, -0.15) is 0 Å². The SMILES string of the molecule is COCCOC(CNC(C)(C)C)COC. The Balaban J connectivity index is 3.72. The predicted molar refractivity (Wildman–Crippen MR) is 61.2 cm³/mol. The zero-order chi connectivity index (χ0) is 11.7. The molecule has 4 nitrogen and oxygen atoms in total. The molecule has 92 valence electrons. The Labute approximate surface area is 93.3 Å². The summed E-state index contributed by atoms with van der Waals surface area (Å²) in [5.74, 6) is 0. The van der Waals surface area contributed by atoms with E-state index in [-0.39, 0.29) is 11.6 Å². The minimum Gasteiger partial charge on any atom is -0.382 e.